The van der Waals surface area contributed by atoms with Crippen LogP contribution in [0.2, 0.25) is 0 Å². The summed E-state index contributed by atoms with van der Waals surface area (Å²) in [5, 5.41) is 4.03. The first-order valence-electron chi connectivity index (χ1n) is 8.37. The number of hydrogen-bond donors (Lipinski definition) is 1. The number of carbonyl (C=O) groups excluding carboxylic acids is 1. The second-order valence-corrected chi connectivity index (χ2v) is 8.67. The van der Waals surface area contributed by atoms with Crippen molar-refractivity contribution in [1.29, 1.82) is 0 Å². The highest BCUT2D eigenvalue weighted by Crippen LogP contribution is 2.55. The van der Waals surface area contributed by atoms with Crippen molar-refractivity contribution in [3.63, 3.8) is 0 Å². The number of fused-ring (bicyclic) bond motifs is 1. The Morgan fingerprint density at radius 2 is 1.73 bits per heavy atom. The maximum atomic E-state index is 12.7. The normalized spacial score (nSPS) is 35.9. The molecule has 0 aliphatic heterocycles. The van der Waals surface area contributed by atoms with Gasteiger partial charge in [0.25, 0.3) is 5.91 Å². The lowest BCUT2D eigenvalue weighted by atomic mass is 9.53. The molecule has 4 fully saturated rings. The van der Waals surface area contributed by atoms with Crippen LogP contribution in [0.4, 0.5) is 0 Å². The van der Waals surface area contributed by atoms with E-state index in [1.54, 1.807) is 0 Å². The molecule has 1 aromatic carbocycles. The number of carbonyl (C=O) groups is 1. The third kappa shape index (κ3) is 2.00. The zero-order valence-corrected chi connectivity index (χ0v) is 13.4. The number of aromatic nitrogens is 1. The van der Waals surface area contributed by atoms with E-state index in [1.807, 2.05) is 24.3 Å². The molecule has 114 valence electrons. The third-order valence-electron chi connectivity index (χ3n) is 5.91. The van der Waals surface area contributed by atoms with E-state index < -0.39 is 0 Å². The highest BCUT2D eigenvalue weighted by molar-refractivity contribution is 7.20. The van der Waals surface area contributed by atoms with Crippen molar-refractivity contribution < 1.29 is 4.79 Å². The van der Waals surface area contributed by atoms with E-state index >= 15 is 0 Å². The molecule has 1 heterocycles. The molecule has 3 nitrogen and oxygen atoms in total. The van der Waals surface area contributed by atoms with Crippen LogP contribution in [-0.4, -0.2) is 16.4 Å². The Kier molecular flexibility index (Phi) is 2.70. The molecule has 0 spiro atoms. The topological polar surface area (TPSA) is 42.0 Å². The minimum Gasteiger partial charge on any atom is -0.345 e. The maximum Gasteiger partial charge on any atom is 0.280 e. The van der Waals surface area contributed by atoms with E-state index in [9.17, 15) is 4.79 Å². The van der Waals surface area contributed by atoms with Gasteiger partial charge in [0, 0.05) is 5.54 Å². The van der Waals surface area contributed by atoms with Gasteiger partial charge in [-0.05, 0) is 68.4 Å². The maximum absolute atomic E-state index is 12.7. The molecule has 4 aliphatic rings. The second-order valence-electron chi connectivity index (χ2n) is 7.64. The Balaban J connectivity index is 1.42. The van der Waals surface area contributed by atoms with Gasteiger partial charge in [-0.25, -0.2) is 4.98 Å². The van der Waals surface area contributed by atoms with E-state index in [0.717, 1.165) is 28.0 Å². The van der Waals surface area contributed by atoms with E-state index in [4.69, 9.17) is 0 Å². The summed E-state index contributed by atoms with van der Waals surface area (Å²) in [5.41, 5.74) is 1.01. The van der Waals surface area contributed by atoms with Crippen LogP contribution in [0, 0.1) is 17.8 Å². The molecule has 22 heavy (non-hydrogen) atoms. The van der Waals surface area contributed by atoms with Crippen molar-refractivity contribution in [3.05, 3.63) is 29.3 Å². The van der Waals surface area contributed by atoms with Gasteiger partial charge >= 0.3 is 0 Å². The minimum absolute atomic E-state index is 0.0446. The fraction of sp³-hybridized carbons (Fsp3) is 0.556. The highest BCUT2D eigenvalue weighted by atomic mass is 32.1. The van der Waals surface area contributed by atoms with Crippen LogP contribution in [0.3, 0.4) is 0 Å². The first-order valence-corrected chi connectivity index (χ1v) is 9.19. The zero-order valence-electron chi connectivity index (χ0n) is 12.5. The van der Waals surface area contributed by atoms with Gasteiger partial charge in [0.2, 0.25) is 0 Å². The first kappa shape index (κ1) is 13.1. The fourth-order valence-corrected chi connectivity index (χ4v) is 6.39. The smallest absolute Gasteiger partial charge is 0.280 e. The van der Waals surface area contributed by atoms with E-state index in [1.165, 1.54) is 49.9 Å². The van der Waals surface area contributed by atoms with Crippen LogP contribution in [-0.2, 0) is 0 Å². The summed E-state index contributed by atoms with van der Waals surface area (Å²) in [6.07, 6.45) is 7.77. The summed E-state index contributed by atoms with van der Waals surface area (Å²) >= 11 is 1.51. The van der Waals surface area contributed by atoms with Gasteiger partial charge in [-0.2, -0.15) is 0 Å². The van der Waals surface area contributed by atoms with Crippen molar-refractivity contribution in [2.45, 2.75) is 44.1 Å². The molecule has 1 amide bonds. The number of thiazole rings is 1. The van der Waals surface area contributed by atoms with Crippen molar-refractivity contribution in [1.82, 2.24) is 10.3 Å². The molecule has 1 N–H and O–H groups in total. The van der Waals surface area contributed by atoms with Crippen LogP contribution in [0.15, 0.2) is 24.3 Å². The molecule has 0 atom stereocenters. The van der Waals surface area contributed by atoms with Crippen LogP contribution >= 0.6 is 11.3 Å². The van der Waals surface area contributed by atoms with Crippen molar-refractivity contribution in [2.75, 3.05) is 0 Å². The van der Waals surface area contributed by atoms with Gasteiger partial charge in [0.1, 0.15) is 0 Å². The summed E-state index contributed by atoms with van der Waals surface area (Å²) in [6, 6.07) is 7.99. The predicted molar refractivity (Wildman–Crippen MR) is 88.0 cm³/mol. The molecule has 0 saturated heterocycles. The Hall–Kier alpha value is -1.42. The number of hydrogen-bond acceptors (Lipinski definition) is 3. The first-order chi connectivity index (χ1) is 10.7. The van der Waals surface area contributed by atoms with Crippen molar-refractivity contribution in [3.8, 4) is 0 Å². The number of amides is 1. The monoisotopic (exact) mass is 312 g/mol. The minimum atomic E-state index is 0.0446. The van der Waals surface area contributed by atoms with Gasteiger partial charge < -0.3 is 5.32 Å². The molecule has 4 bridgehead atoms. The van der Waals surface area contributed by atoms with E-state index in [2.05, 4.69) is 10.3 Å². The SMILES string of the molecule is O=C(NC12CC3CC(CC(C3)C1)C2)c1nc2ccccc2s1. The van der Waals surface area contributed by atoms with Crippen LogP contribution in [0.5, 0.6) is 0 Å². The standard InChI is InChI=1S/C18H20N2OS/c21-16(17-19-14-3-1-2-4-15(14)22-17)20-18-8-11-5-12(9-18)7-13(6-11)10-18/h1-4,11-13H,5-10H2,(H,20,21). The number of nitrogens with zero attached hydrogens (tertiary/aromatic N) is 1. The average Bonchev–Trinajstić information content (AvgIpc) is 2.89. The predicted octanol–water partition coefficient (Wildman–Crippen LogP) is 3.99. The molecule has 0 unspecified atom stereocenters. The van der Waals surface area contributed by atoms with Crippen LogP contribution in [0.25, 0.3) is 10.2 Å². The lowest BCUT2D eigenvalue weighted by Gasteiger charge is -2.56. The summed E-state index contributed by atoms with van der Waals surface area (Å²) in [7, 11) is 0. The lowest BCUT2D eigenvalue weighted by Crippen LogP contribution is -2.59. The molecular formula is C18H20N2OS. The van der Waals surface area contributed by atoms with Gasteiger partial charge in [0.15, 0.2) is 5.01 Å². The van der Waals surface area contributed by atoms with Gasteiger partial charge in [-0.1, -0.05) is 12.1 Å². The quantitative estimate of drug-likeness (QED) is 0.911. The summed E-state index contributed by atoms with van der Waals surface area (Å²) in [6.45, 7) is 0. The fourth-order valence-electron chi connectivity index (χ4n) is 5.53. The average molecular weight is 312 g/mol. The largest absolute Gasteiger partial charge is 0.345 e. The van der Waals surface area contributed by atoms with Crippen LogP contribution < -0.4 is 5.32 Å². The van der Waals surface area contributed by atoms with E-state index in [-0.39, 0.29) is 11.4 Å². The third-order valence-corrected chi connectivity index (χ3v) is 6.94. The molecule has 1 aromatic heterocycles. The van der Waals surface area contributed by atoms with Crippen LogP contribution in [0.1, 0.15) is 48.3 Å². The van der Waals surface area contributed by atoms with Crippen molar-refractivity contribution in [2.24, 2.45) is 17.8 Å². The number of nitrogens with one attached hydrogen (secondary N) is 1. The highest BCUT2D eigenvalue weighted by Gasteiger charge is 2.51. The Morgan fingerprint density at radius 3 is 2.36 bits per heavy atom. The molecular weight excluding hydrogens is 292 g/mol. The summed E-state index contributed by atoms with van der Waals surface area (Å²) in [5.74, 6) is 2.59. The Labute approximate surface area is 134 Å². The molecule has 0 radical (unpaired) electrons. The summed E-state index contributed by atoms with van der Waals surface area (Å²) in [4.78, 5) is 17.3. The molecule has 4 aliphatic carbocycles. The molecule has 2 aromatic rings. The number of benzene rings is 1. The van der Waals surface area contributed by atoms with Gasteiger partial charge in [-0.15, -0.1) is 11.3 Å². The molecule has 4 heteroatoms. The van der Waals surface area contributed by atoms with Gasteiger partial charge in [-0.3, -0.25) is 4.79 Å². The Morgan fingerprint density at radius 1 is 1.09 bits per heavy atom. The molecule has 4 saturated carbocycles. The zero-order chi connectivity index (χ0) is 14.7. The lowest BCUT2D eigenvalue weighted by molar-refractivity contribution is -0.0167. The second kappa shape index (κ2) is 4.54. The Bertz CT molecular complexity index is 682. The van der Waals surface area contributed by atoms with Gasteiger partial charge in [0.05, 0.1) is 10.2 Å². The molecule has 6 rings (SSSR count). The number of para-hydroxylation sites is 1. The van der Waals surface area contributed by atoms with Crippen molar-refractivity contribution >= 4 is 27.5 Å². The van der Waals surface area contributed by atoms with E-state index in [0.29, 0.717) is 5.01 Å². The summed E-state index contributed by atoms with van der Waals surface area (Å²) < 4.78 is 1.10. The number of rotatable bonds is 2.